The summed E-state index contributed by atoms with van der Waals surface area (Å²) < 4.78 is 54.5. The fourth-order valence-corrected chi connectivity index (χ4v) is 4.19. The van der Waals surface area contributed by atoms with Gasteiger partial charge >= 0.3 is 10.1 Å². The number of benzene rings is 2. The third-order valence-electron chi connectivity index (χ3n) is 4.08. The molecule has 158 valence electrons. The molecular formula is C21H27NO5S2. The van der Waals surface area contributed by atoms with Crippen molar-refractivity contribution in [3.05, 3.63) is 71.1 Å². The summed E-state index contributed by atoms with van der Waals surface area (Å²) in [7, 11) is -7.23. The van der Waals surface area contributed by atoms with Crippen molar-refractivity contribution in [3.8, 4) is 5.75 Å². The van der Waals surface area contributed by atoms with Gasteiger partial charge in [0, 0.05) is 18.5 Å². The Labute approximate surface area is 174 Å². The summed E-state index contributed by atoms with van der Waals surface area (Å²) in [4.78, 5) is 0. The van der Waals surface area contributed by atoms with Crippen molar-refractivity contribution in [2.24, 2.45) is 5.92 Å². The summed E-state index contributed by atoms with van der Waals surface area (Å²) >= 11 is 0. The van der Waals surface area contributed by atoms with Crippen molar-refractivity contribution in [1.82, 2.24) is 4.31 Å². The summed E-state index contributed by atoms with van der Waals surface area (Å²) in [6.45, 7) is 4.66. The fourth-order valence-electron chi connectivity index (χ4n) is 2.54. The van der Waals surface area contributed by atoms with Crippen LogP contribution in [0.15, 0.2) is 60.0 Å². The molecule has 0 saturated heterocycles. The predicted molar refractivity (Wildman–Crippen MR) is 116 cm³/mol. The van der Waals surface area contributed by atoms with E-state index in [9.17, 15) is 16.8 Å². The molecule has 0 spiro atoms. The zero-order valence-corrected chi connectivity index (χ0v) is 18.5. The zero-order chi connectivity index (χ0) is 21.5. The highest BCUT2D eigenvalue weighted by Crippen LogP contribution is 2.18. The first kappa shape index (κ1) is 23.1. The third kappa shape index (κ3) is 8.39. The van der Waals surface area contributed by atoms with Crippen molar-refractivity contribution in [2.45, 2.75) is 26.8 Å². The van der Waals surface area contributed by atoms with Crippen molar-refractivity contribution >= 4 is 26.2 Å². The normalized spacial score (nSPS) is 12.7. The lowest BCUT2D eigenvalue weighted by Crippen LogP contribution is -2.30. The minimum absolute atomic E-state index is 0.188. The summed E-state index contributed by atoms with van der Waals surface area (Å²) in [6, 6.07) is 15.6. The molecule has 0 aliphatic heterocycles. The summed E-state index contributed by atoms with van der Waals surface area (Å²) in [5, 5.41) is 1.23. The van der Waals surface area contributed by atoms with E-state index in [0.29, 0.717) is 12.5 Å². The maximum atomic E-state index is 12.9. The zero-order valence-electron chi connectivity index (χ0n) is 16.9. The Kier molecular flexibility index (Phi) is 8.01. The highest BCUT2D eigenvalue weighted by molar-refractivity contribution is 7.92. The van der Waals surface area contributed by atoms with Gasteiger partial charge in [0.15, 0.2) is 0 Å². The second kappa shape index (κ2) is 10.0. The van der Waals surface area contributed by atoms with Crippen LogP contribution in [0.5, 0.6) is 5.75 Å². The molecule has 0 radical (unpaired) electrons. The van der Waals surface area contributed by atoms with Crippen LogP contribution in [0.25, 0.3) is 6.08 Å². The monoisotopic (exact) mass is 437 g/mol. The quantitative estimate of drug-likeness (QED) is 0.527. The Morgan fingerprint density at radius 2 is 1.59 bits per heavy atom. The van der Waals surface area contributed by atoms with Crippen LogP contribution in [-0.2, 0) is 26.7 Å². The maximum absolute atomic E-state index is 12.9. The minimum Gasteiger partial charge on any atom is -0.383 e. The highest BCUT2D eigenvalue weighted by atomic mass is 32.2. The predicted octanol–water partition coefficient (Wildman–Crippen LogP) is 3.87. The van der Waals surface area contributed by atoms with E-state index in [-0.39, 0.29) is 12.3 Å². The van der Waals surface area contributed by atoms with Gasteiger partial charge in [-0.25, -0.2) is 8.42 Å². The molecule has 0 atom stereocenters. The molecule has 0 aliphatic rings. The number of hydrogen-bond acceptors (Lipinski definition) is 5. The molecular weight excluding hydrogens is 410 g/mol. The molecule has 0 aliphatic carbocycles. The van der Waals surface area contributed by atoms with Gasteiger partial charge in [0.1, 0.15) is 5.75 Å². The molecule has 29 heavy (non-hydrogen) atoms. The van der Waals surface area contributed by atoms with Gasteiger partial charge in [-0.2, -0.15) is 12.7 Å². The van der Waals surface area contributed by atoms with Crippen LogP contribution >= 0.6 is 0 Å². The SMILES string of the molecule is CC(C)CCN(Cc1ccc(OS(C)(=O)=O)cc1)S(=O)(=O)/C=C/c1ccccc1. The van der Waals surface area contributed by atoms with E-state index in [2.05, 4.69) is 0 Å². The number of nitrogens with zero attached hydrogens (tertiary/aromatic N) is 1. The van der Waals surface area contributed by atoms with Gasteiger partial charge in [0.25, 0.3) is 0 Å². The van der Waals surface area contributed by atoms with E-state index >= 15 is 0 Å². The maximum Gasteiger partial charge on any atom is 0.306 e. The van der Waals surface area contributed by atoms with Crippen LogP contribution in [0.1, 0.15) is 31.4 Å². The van der Waals surface area contributed by atoms with E-state index < -0.39 is 20.1 Å². The molecule has 8 heteroatoms. The van der Waals surface area contributed by atoms with Gasteiger partial charge in [-0.15, -0.1) is 0 Å². The van der Waals surface area contributed by atoms with Crippen LogP contribution in [0.2, 0.25) is 0 Å². The Hall–Kier alpha value is -2.16. The molecule has 0 unspecified atom stereocenters. The van der Waals surface area contributed by atoms with Crippen molar-refractivity contribution in [2.75, 3.05) is 12.8 Å². The Bertz CT molecular complexity index is 1010. The minimum atomic E-state index is -3.63. The Morgan fingerprint density at radius 1 is 0.966 bits per heavy atom. The topological polar surface area (TPSA) is 80.8 Å². The molecule has 0 amide bonds. The molecule has 0 aromatic heterocycles. The molecule has 0 fully saturated rings. The fraction of sp³-hybridized carbons (Fsp3) is 0.333. The van der Waals surface area contributed by atoms with Gasteiger partial charge in [0.2, 0.25) is 10.0 Å². The molecule has 2 rings (SSSR count). The molecule has 0 saturated carbocycles. The number of sulfonamides is 1. The van der Waals surface area contributed by atoms with E-state index in [0.717, 1.165) is 23.8 Å². The molecule has 0 heterocycles. The summed E-state index contributed by atoms with van der Waals surface area (Å²) in [5.74, 6) is 0.549. The number of hydrogen-bond donors (Lipinski definition) is 0. The lowest BCUT2D eigenvalue weighted by Gasteiger charge is -2.21. The molecule has 0 N–H and O–H groups in total. The first-order valence-corrected chi connectivity index (χ1v) is 12.6. The third-order valence-corrected chi connectivity index (χ3v) is 6.08. The van der Waals surface area contributed by atoms with E-state index in [1.807, 2.05) is 44.2 Å². The Balaban J connectivity index is 2.19. The van der Waals surface area contributed by atoms with Gasteiger partial charge < -0.3 is 4.18 Å². The van der Waals surface area contributed by atoms with Crippen LogP contribution in [-0.4, -0.2) is 33.9 Å². The first-order chi connectivity index (χ1) is 13.5. The van der Waals surface area contributed by atoms with Crippen LogP contribution < -0.4 is 4.18 Å². The molecule has 6 nitrogen and oxygen atoms in total. The second-order valence-corrected chi connectivity index (χ2v) is 10.6. The van der Waals surface area contributed by atoms with Crippen LogP contribution in [0.4, 0.5) is 0 Å². The van der Waals surface area contributed by atoms with Crippen LogP contribution in [0, 0.1) is 5.92 Å². The van der Waals surface area contributed by atoms with E-state index in [1.165, 1.54) is 21.8 Å². The lowest BCUT2D eigenvalue weighted by atomic mass is 10.1. The van der Waals surface area contributed by atoms with Crippen molar-refractivity contribution in [1.29, 1.82) is 0 Å². The van der Waals surface area contributed by atoms with Gasteiger partial charge in [0.05, 0.1) is 6.26 Å². The van der Waals surface area contributed by atoms with Gasteiger partial charge in [-0.05, 0) is 41.7 Å². The average Bonchev–Trinajstić information content (AvgIpc) is 2.64. The molecule has 2 aromatic carbocycles. The summed E-state index contributed by atoms with van der Waals surface area (Å²) in [6.07, 6.45) is 3.29. The summed E-state index contributed by atoms with van der Waals surface area (Å²) in [5.41, 5.74) is 1.55. The van der Waals surface area contributed by atoms with Crippen LogP contribution in [0.3, 0.4) is 0 Å². The van der Waals surface area contributed by atoms with E-state index in [4.69, 9.17) is 4.18 Å². The molecule has 0 bridgehead atoms. The standard InChI is InChI=1S/C21H27NO5S2/c1-18(2)13-15-22(29(25,26)16-14-19-7-5-4-6-8-19)17-20-9-11-21(12-10-20)27-28(3,23)24/h4-12,14,16,18H,13,15,17H2,1-3H3/b16-14+. The first-order valence-electron chi connectivity index (χ1n) is 9.27. The second-order valence-electron chi connectivity index (χ2n) is 7.21. The average molecular weight is 438 g/mol. The number of rotatable bonds is 10. The lowest BCUT2D eigenvalue weighted by molar-refractivity contribution is 0.380. The van der Waals surface area contributed by atoms with Crippen molar-refractivity contribution in [3.63, 3.8) is 0 Å². The van der Waals surface area contributed by atoms with Gasteiger partial charge in [-0.1, -0.05) is 56.3 Å². The largest absolute Gasteiger partial charge is 0.383 e. The Morgan fingerprint density at radius 3 is 2.14 bits per heavy atom. The van der Waals surface area contributed by atoms with Crippen molar-refractivity contribution < 1.29 is 21.0 Å². The van der Waals surface area contributed by atoms with Gasteiger partial charge in [-0.3, -0.25) is 0 Å². The van der Waals surface area contributed by atoms with E-state index in [1.54, 1.807) is 18.2 Å². The highest BCUT2D eigenvalue weighted by Gasteiger charge is 2.20. The smallest absolute Gasteiger partial charge is 0.306 e. The molecule has 2 aromatic rings.